The van der Waals surface area contributed by atoms with Crippen molar-refractivity contribution in [3.8, 4) is 11.5 Å². The summed E-state index contributed by atoms with van der Waals surface area (Å²) in [5, 5.41) is 5.21. The lowest BCUT2D eigenvalue weighted by atomic mass is 10.2. The number of methoxy groups -OCH3 is 1. The minimum Gasteiger partial charge on any atom is -0.493 e. The van der Waals surface area contributed by atoms with Crippen LogP contribution in [0.25, 0.3) is 0 Å². The number of ether oxygens (including phenoxy) is 2. The quantitative estimate of drug-likeness (QED) is 0.361. The van der Waals surface area contributed by atoms with E-state index in [0.717, 1.165) is 21.3 Å². The van der Waals surface area contributed by atoms with Crippen LogP contribution in [0.4, 0.5) is 5.69 Å². The van der Waals surface area contributed by atoms with Crippen molar-refractivity contribution in [2.45, 2.75) is 13.2 Å². The Kier molecular flexibility index (Phi) is 7.36. The third-order valence-corrected chi connectivity index (χ3v) is 5.64. The molecule has 0 atom stereocenters. The minimum absolute atomic E-state index is 0.307. The van der Waals surface area contributed by atoms with Crippen molar-refractivity contribution in [3.05, 3.63) is 85.3 Å². The fourth-order valence-electron chi connectivity index (χ4n) is 2.54. The molecule has 0 saturated heterocycles. The Morgan fingerprint density at radius 2 is 1.57 bits per heavy atom. The van der Waals surface area contributed by atoms with Gasteiger partial charge in [0.15, 0.2) is 11.5 Å². The van der Waals surface area contributed by atoms with Crippen molar-refractivity contribution in [2.24, 2.45) is 0 Å². The van der Waals surface area contributed by atoms with Crippen molar-refractivity contribution in [2.75, 3.05) is 12.4 Å². The van der Waals surface area contributed by atoms with Crippen LogP contribution < -0.4 is 14.8 Å². The highest BCUT2D eigenvalue weighted by atomic mass is 79.9. The molecule has 0 spiro atoms. The monoisotopic (exact) mass is 499 g/mol. The molecular formula is C21H17BrCl3NO2. The number of nitrogens with one attached hydrogen (secondary N) is 1. The molecule has 146 valence electrons. The Bertz CT molecular complexity index is 965. The Labute approximate surface area is 187 Å². The van der Waals surface area contributed by atoms with Gasteiger partial charge < -0.3 is 14.8 Å². The number of benzene rings is 3. The van der Waals surface area contributed by atoms with Gasteiger partial charge in [0.05, 0.1) is 7.11 Å². The number of hydrogen-bond donors (Lipinski definition) is 1. The van der Waals surface area contributed by atoms with E-state index >= 15 is 0 Å². The van der Waals surface area contributed by atoms with Crippen molar-refractivity contribution < 1.29 is 9.47 Å². The largest absolute Gasteiger partial charge is 0.493 e. The molecular weight excluding hydrogens is 484 g/mol. The predicted octanol–water partition coefficient (Wildman–Crippen LogP) is 7.61. The highest BCUT2D eigenvalue weighted by Gasteiger charge is 2.12. The van der Waals surface area contributed by atoms with Crippen LogP contribution in [0.15, 0.2) is 59.1 Å². The van der Waals surface area contributed by atoms with Crippen LogP contribution in [0, 0.1) is 0 Å². The first-order valence-electron chi connectivity index (χ1n) is 8.39. The third kappa shape index (κ3) is 5.48. The molecule has 0 aliphatic carbocycles. The van der Waals surface area contributed by atoms with E-state index in [-0.39, 0.29) is 0 Å². The Hall–Kier alpha value is -1.59. The summed E-state index contributed by atoms with van der Waals surface area (Å²) in [5.74, 6) is 1.26. The van der Waals surface area contributed by atoms with Gasteiger partial charge in [-0.3, -0.25) is 0 Å². The van der Waals surface area contributed by atoms with Crippen LogP contribution in [-0.4, -0.2) is 7.11 Å². The minimum atomic E-state index is 0.307. The number of hydrogen-bond acceptors (Lipinski definition) is 3. The molecule has 3 aromatic carbocycles. The molecule has 0 saturated carbocycles. The molecule has 3 rings (SSSR count). The van der Waals surface area contributed by atoms with Crippen LogP contribution in [-0.2, 0) is 13.2 Å². The average molecular weight is 502 g/mol. The zero-order valence-corrected chi connectivity index (χ0v) is 18.8. The number of rotatable bonds is 7. The van der Waals surface area contributed by atoms with Crippen LogP contribution in [0.2, 0.25) is 15.1 Å². The maximum atomic E-state index is 6.21. The smallest absolute Gasteiger partial charge is 0.162 e. The standard InChI is InChI=1S/C21H17BrCl3NO2/c1-27-20-8-14(11-26-17-6-4-15(23)5-7-17)18(22)10-21(20)28-12-13-2-3-16(24)9-19(13)25/h2-10,26H,11-12H2,1H3. The van der Waals surface area contributed by atoms with Crippen molar-refractivity contribution in [3.63, 3.8) is 0 Å². The van der Waals surface area contributed by atoms with Crippen LogP contribution >= 0.6 is 50.7 Å². The SMILES string of the molecule is COc1cc(CNc2ccc(Cl)cc2)c(Br)cc1OCc1ccc(Cl)cc1Cl. The van der Waals surface area contributed by atoms with Gasteiger partial charge in [-0.15, -0.1) is 0 Å². The third-order valence-electron chi connectivity index (χ3n) is 4.06. The molecule has 1 N–H and O–H groups in total. The molecule has 3 aromatic rings. The van der Waals surface area contributed by atoms with Gasteiger partial charge in [0.1, 0.15) is 6.61 Å². The van der Waals surface area contributed by atoms with E-state index < -0.39 is 0 Å². The van der Waals surface area contributed by atoms with Gasteiger partial charge in [-0.25, -0.2) is 0 Å². The molecule has 28 heavy (non-hydrogen) atoms. The van der Waals surface area contributed by atoms with Gasteiger partial charge in [0, 0.05) is 37.3 Å². The van der Waals surface area contributed by atoms with E-state index in [0.29, 0.717) is 39.7 Å². The molecule has 3 nitrogen and oxygen atoms in total. The zero-order valence-electron chi connectivity index (χ0n) is 14.9. The second-order valence-electron chi connectivity index (χ2n) is 5.98. The topological polar surface area (TPSA) is 30.5 Å². The molecule has 0 fully saturated rings. The first-order chi connectivity index (χ1) is 13.5. The molecule has 0 unspecified atom stereocenters. The Morgan fingerprint density at radius 3 is 2.25 bits per heavy atom. The molecule has 0 aromatic heterocycles. The highest BCUT2D eigenvalue weighted by Crippen LogP contribution is 2.35. The van der Waals surface area contributed by atoms with Gasteiger partial charge in [-0.1, -0.05) is 56.8 Å². The maximum absolute atomic E-state index is 6.21. The highest BCUT2D eigenvalue weighted by molar-refractivity contribution is 9.10. The normalized spacial score (nSPS) is 10.6. The molecule has 0 aliphatic rings. The second-order valence-corrected chi connectivity index (χ2v) is 8.11. The summed E-state index contributed by atoms with van der Waals surface area (Å²) in [6.07, 6.45) is 0. The predicted molar refractivity (Wildman–Crippen MR) is 120 cm³/mol. The van der Waals surface area contributed by atoms with Gasteiger partial charge in [-0.05, 0) is 54.1 Å². The number of halogens is 4. The Balaban J connectivity index is 1.72. The van der Waals surface area contributed by atoms with Gasteiger partial charge >= 0.3 is 0 Å². The van der Waals surface area contributed by atoms with E-state index in [4.69, 9.17) is 44.3 Å². The summed E-state index contributed by atoms with van der Waals surface area (Å²) in [7, 11) is 1.61. The van der Waals surface area contributed by atoms with E-state index in [2.05, 4.69) is 21.2 Å². The summed E-state index contributed by atoms with van der Waals surface area (Å²) >= 11 is 21.7. The second kappa shape index (κ2) is 9.75. The fourth-order valence-corrected chi connectivity index (χ4v) is 3.60. The van der Waals surface area contributed by atoms with Crippen molar-refractivity contribution in [1.29, 1.82) is 0 Å². The van der Waals surface area contributed by atoms with Gasteiger partial charge in [0.2, 0.25) is 0 Å². The van der Waals surface area contributed by atoms with Crippen molar-refractivity contribution >= 4 is 56.4 Å². The maximum Gasteiger partial charge on any atom is 0.162 e. The van der Waals surface area contributed by atoms with Crippen LogP contribution in [0.1, 0.15) is 11.1 Å². The van der Waals surface area contributed by atoms with Gasteiger partial charge in [-0.2, -0.15) is 0 Å². The van der Waals surface area contributed by atoms with Crippen molar-refractivity contribution in [1.82, 2.24) is 0 Å². The summed E-state index contributed by atoms with van der Waals surface area (Å²) in [5.41, 5.74) is 2.86. The van der Waals surface area contributed by atoms with E-state index in [9.17, 15) is 0 Å². The molecule has 0 bridgehead atoms. The number of anilines is 1. The molecule has 0 aliphatic heterocycles. The lowest BCUT2D eigenvalue weighted by Gasteiger charge is -2.15. The molecule has 0 amide bonds. The Morgan fingerprint density at radius 1 is 0.857 bits per heavy atom. The molecule has 0 heterocycles. The summed E-state index contributed by atoms with van der Waals surface area (Å²) < 4.78 is 12.3. The fraction of sp³-hybridized carbons (Fsp3) is 0.143. The molecule has 0 radical (unpaired) electrons. The van der Waals surface area contributed by atoms with Crippen LogP contribution in [0.5, 0.6) is 11.5 Å². The first kappa shape index (κ1) is 21.1. The zero-order chi connectivity index (χ0) is 20.1. The van der Waals surface area contributed by atoms with Crippen LogP contribution in [0.3, 0.4) is 0 Å². The lowest BCUT2D eigenvalue weighted by molar-refractivity contribution is 0.284. The van der Waals surface area contributed by atoms with E-state index in [1.165, 1.54) is 0 Å². The van der Waals surface area contributed by atoms with Gasteiger partial charge in [0.25, 0.3) is 0 Å². The van der Waals surface area contributed by atoms with E-state index in [1.807, 2.05) is 42.5 Å². The lowest BCUT2D eigenvalue weighted by Crippen LogP contribution is -2.03. The summed E-state index contributed by atoms with van der Waals surface area (Å²) in [4.78, 5) is 0. The molecule has 7 heteroatoms. The van der Waals surface area contributed by atoms with E-state index in [1.54, 1.807) is 19.2 Å². The summed E-state index contributed by atoms with van der Waals surface area (Å²) in [6.45, 7) is 0.920. The summed E-state index contributed by atoms with van der Waals surface area (Å²) in [6, 6.07) is 16.7. The average Bonchev–Trinajstić information content (AvgIpc) is 2.68. The first-order valence-corrected chi connectivity index (χ1v) is 10.3.